The van der Waals surface area contributed by atoms with Gasteiger partial charge in [-0.15, -0.1) is 12.0 Å². The Bertz CT molecular complexity index is 515. The molecule has 0 aromatic heterocycles. The van der Waals surface area contributed by atoms with Crippen LogP contribution >= 0.6 is 0 Å². The van der Waals surface area contributed by atoms with Crippen molar-refractivity contribution in [2.45, 2.75) is 76.3 Å². The topological polar surface area (TPSA) is 58.9 Å². The lowest BCUT2D eigenvalue weighted by Gasteiger charge is -2.33. The van der Waals surface area contributed by atoms with Crippen LogP contribution in [0.1, 0.15) is 34.6 Å². The van der Waals surface area contributed by atoms with Crippen molar-refractivity contribution in [1.82, 2.24) is 0 Å². The van der Waals surface area contributed by atoms with Crippen molar-refractivity contribution in [3.05, 3.63) is 0 Å². The molecule has 5 heteroatoms. The molecule has 0 bridgehead atoms. The molecule has 0 spiro atoms. The van der Waals surface area contributed by atoms with Gasteiger partial charge in [-0.2, -0.15) is 0 Å². The fourth-order valence-electron chi connectivity index (χ4n) is 1.80. The summed E-state index contributed by atoms with van der Waals surface area (Å²) in [5, 5.41) is 21.0. The van der Waals surface area contributed by atoms with Gasteiger partial charge >= 0.3 is 0 Å². The summed E-state index contributed by atoms with van der Waals surface area (Å²) in [5.41, 5.74) is 1.28. The zero-order valence-corrected chi connectivity index (χ0v) is 15.7. The molecular weight excluding hydrogens is 296 g/mol. The van der Waals surface area contributed by atoms with Gasteiger partial charge in [0.1, 0.15) is 14.2 Å². The molecule has 0 radical (unpaired) electrons. The first-order valence-corrected chi connectivity index (χ1v) is 10.5. The average Bonchev–Trinajstić information content (AvgIpc) is 2.74. The van der Waals surface area contributed by atoms with Crippen LogP contribution in [0.2, 0.25) is 18.1 Å². The quantitative estimate of drug-likeness (QED) is 0.602. The number of hydrogen-bond acceptors (Lipinski definition) is 4. The smallest absolute Gasteiger partial charge is 0.190 e. The minimum absolute atomic E-state index is 0.0585. The van der Waals surface area contributed by atoms with Crippen LogP contribution in [0.15, 0.2) is 0 Å². The highest BCUT2D eigenvalue weighted by atomic mass is 28.3. The predicted octanol–water partition coefficient (Wildman–Crippen LogP) is 1.91. The first kappa shape index (κ1) is 19.2. The Balaban J connectivity index is 3.01. The molecule has 1 rings (SSSR count). The van der Waals surface area contributed by atoms with Crippen LogP contribution in [-0.2, 0) is 9.47 Å². The molecule has 3 atom stereocenters. The molecule has 0 amide bonds. The summed E-state index contributed by atoms with van der Waals surface area (Å²) in [7, 11) is -1.90. The lowest BCUT2D eigenvalue weighted by Crippen LogP contribution is -2.52. The Morgan fingerprint density at radius 3 is 2.23 bits per heavy atom. The number of ether oxygens (including phenoxy) is 2. The summed E-state index contributed by atoms with van der Waals surface area (Å²) in [5.74, 6) is 4.18. The highest BCUT2D eigenvalue weighted by Gasteiger charge is 2.49. The first-order chi connectivity index (χ1) is 9.75. The van der Waals surface area contributed by atoms with E-state index in [1.807, 2.05) is 0 Å². The van der Waals surface area contributed by atoms with Crippen molar-refractivity contribution < 1.29 is 19.7 Å². The monoisotopic (exact) mass is 324 g/mol. The summed E-state index contributed by atoms with van der Waals surface area (Å²) in [6.45, 7) is 14.2. The van der Waals surface area contributed by atoms with E-state index in [4.69, 9.17) is 15.9 Å². The molecule has 22 heavy (non-hydrogen) atoms. The van der Waals surface area contributed by atoms with Crippen LogP contribution in [0.4, 0.5) is 0 Å². The number of rotatable bonds is 2. The van der Waals surface area contributed by atoms with Gasteiger partial charge in [0.15, 0.2) is 17.5 Å². The van der Waals surface area contributed by atoms with Crippen molar-refractivity contribution >= 4 is 8.07 Å². The molecule has 1 saturated heterocycles. The third kappa shape index (κ3) is 3.93. The predicted molar refractivity (Wildman–Crippen MR) is 89.7 cm³/mol. The zero-order valence-electron chi connectivity index (χ0n) is 14.7. The molecule has 0 aromatic carbocycles. The Morgan fingerprint density at radius 2 is 1.86 bits per heavy atom. The molecule has 1 aliphatic rings. The van der Waals surface area contributed by atoms with Crippen LogP contribution in [0.3, 0.4) is 0 Å². The summed E-state index contributed by atoms with van der Waals surface area (Å²) in [6.07, 6.45) is 3.26. The van der Waals surface area contributed by atoms with E-state index < -0.39 is 31.7 Å². The standard InChI is InChI=1S/C17H28O4Si/c1-9-17(19,14-12-20-16(5,6)21-14)13(18)10-11-22(7,8)15(2,3)4/h1,13-14,18-19H,12H2,2-8H3/t13-,14+,17-/m1/s1. The Labute approximate surface area is 135 Å². The van der Waals surface area contributed by atoms with Crippen molar-refractivity contribution in [2.24, 2.45) is 0 Å². The van der Waals surface area contributed by atoms with E-state index in [2.05, 4.69) is 51.2 Å². The van der Waals surface area contributed by atoms with Gasteiger partial charge in [0.25, 0.3) is 0 Å². The third-order valence-electron chi connectivity index (χ3n) is 4.54. The second-order valence-corrected chi connectivity index (χ2v) is 12.8. The molecule has 0 saturated carbocycles. The second-order valence-electron chi connectivity index (χ2n) is 7.83. The Hall–Kier alpha value is -0.823. The molecule has 0 unspecified atom stereocenters. The Kier molecular flexibility index (Phi) is 5.24. The molecule has 2 N–H and O–H groups in total. The van der Waals surface area contributed by atoms with Crippen LogP contribution in [0, 0.1) is 23.8 Å². The number of terminal acetylenes is 1. The maximum atomic E-state index is 10.6. The summed E-state index contributed by atoms with van der Waals surface area (Å²) in [4.78, 5) is 0. The van der Waals surface area contributed by atoms with E-state index >= 15 is 0 Å². The number of aliphatic hydroxyl groups is 2. The molecule has 0 aromatic rings. The van der Waals surface area contributed by atoms with Gasteiger partial charge < -0.3 is 19.7 Å². The van der Waals surface area contributed by atoms with Gasteiger partial charge in [-0.05, 0) is 18.9 Å². The maximum Gasteiger partial charge on any atom is 0.190 e. The molecular formula is C17H28O4Si. The fourth-order valence-corrected chi connectivity index (χ4v) is 2.67. The minimum atomic E-state index is -1.90. The van der Waals surface area contributed by atoms with Gasteiger partial charge in [0, 0.05) is 0 Å². The maximum absolute atomic E-state index is 10.6. The fraction of sp³-hybridized carbons (Fsp3) is 0.765. The average molecular weight is 324 g/mol. The SMILES string of the molecule is C#C[C@@](O)([C@H](O)C#C[Si](C)(C)C(C)(C)C)[C@@H]1COC(C)(C)O1. The van der Waals surface area contributed by atoms with Crippen molar-refractivity contribution in [3.8, 4) is 23.8 Å². The van der Waals surface area contributed by atoms with Gasteiger partial charge in [0.2, 0.25) is 0 Å². The number of hydrogen-bond donors (Lipinski definition) is 2. The number of aliphatic hydroxyl groups excluding tert-OH is 1. The molecule has 0 aliphatic carbocycles. The highest BCUT2D eigenvalue weighted by Crippen LogP contribution is 2.35. The summed E-state index contributed by atoms with van der Waals surface area (Å²) in [6, 6.07) is 0. The lowest BCUT2D eigenvalue weighted by atomic mass is 9.92. The molecule has 124 valence electrons. The van der Waals surface area contributed by atoms with E-state index in [0.717, 1.165) is 0 Å². The Morgan fingerprint density at radius 1 is 1.32 bits per heavy atom. The van der Waals surface area contributed by atoms with Crippen LogP contribution in [-0.4, -0.2) is 48.5 Å². The van der Waals surface area contributed by atoms with Gasteiger partial charge in [-0.1, -0.05) is 45.7 Å². The van der Waals surface area contributed by atoms with E-state index in [0.29, 0.717) is 0 Å². The zero-order chi connectivity index (χ0) is 17.4. The second kappa shape index (κ2) is 6.00. The normalized spacial score (nSPS) is 25.5. The van der Waals surface area contributed by atoms with Crippen LogP contribution in [0.5, 0.6) is 0 Å². The highest BCUT2D eigenvalue weighted by molar-refractivity contribution is 6.87. The van der Waals surface area contributed by atoms with Gasteiger partial charge in [-0.3, -0.25) is 0 Å². The van der Waals surface area contributed by atoms with Gasteiger partial charge in [0.05, 0.1) is 6.61 Å². The summed E-state index contributed by atoms with van der Waals surface area (Å²) < 4.78 is 11.0. The van der Waals surface area contributed by atoms with Crippen molar-refractivity contribution in [2.75, 3.05) is 6.61 Å². The summed E-state index contributed by atoms with van der Waals surface area (Å²) >= 11 is 0. The lowest BCUT2D eigenvalue weighted by molar-refractivity contribution is -0.170. The molecule has 4 nitrogen and oxygen atoms in total. The van der Waals surface area contributed by atoms with E-state index in [9.17, 15) is 10.2 Å². The van der Waals surface area contributed by atoms with E-state index in [1.54, 1.807) is 13.8 Å². The third-order valence-corrected chi connectivity index (χ3v) is 9.06. The van der Waals surface area contributed by atoms with Crippen molar-refractivity contribution in [1.29, 1.82) is 0 Å². The minimum Gasteiger partial charge on any atom is -0.376 e. The first-order valence-electron chi connectivity index (χ1n) is 7.48. The molecule has 1 aliphatic heterocycles. The van der Waals surface area contributed by atoms with Crippen molar-refractivity contribution in [3.63, 3.8) is 0 Å². The van der Waals surface area contributed by atoms with Crippen LogP contribution < -0.4 is 0 Å². The largest absolute Gasteiger partial charge is 0.376 e. The van der Waals surface area contributed by atoms with E-state index in [-0.39, 0.29) is 11.6 Å². The van der Waals surface area contributed by atoms with E-state index in [1.165, 1.54) is 0 Å². The van der Waals surface area contributed by atoms with Gasteiger partial charge in [-0.25, -0.2) is 0 Å². The molecule has 1 heterocycles. The van der Waals surface area contributed by atoms with Crippen LogP contribution in [0.25, 0.3) is 0 Å². The molecule has 1 fully saturated rings.